The molecule has 0 radical (unpaired) electrons. The second-order valence-electron chi connectivity index (χ2n) is 7.79. The minimum atomic E-state index is -5.79. The number of hydrogen-bond donors (Lipinski definition) is 1. The van der Waals surface area contributed by atoms with Gasteiger partial charge in [-0.25, -0.2) is 0 Å². The van der Waals surface area contributed by atoms with Crippen molar-refractivity contribution in [3.8, 4) is 0 Å². The molecule has 34 heavy (non-hydrogen) atoms. The summed E-state index contributed by atoms with van der Waals surface area (Å²) in [6, 6.07) is 9.25. The van der Waals surface area contributed by atoms with Crippen LogP contribution in [0.3, 0.4) is 0 Å². The summed E-state index contributed by atoms with van der Waals surface area (Å²) >= 11 is -2.31. The molecule has 0 aliphatic carbocycles. The fraction of sp³-hybridized carbons (Fsp3) is 0.409. The Balaban J connectivity index is 2.21. The van der Waals surface area contributed by atoms with Crippen LogP contribution < -0.4 is 5.32 Å². The zero-order valence-corrected chi connectivity index (χ0v) is 19.1. The summed E-state index contributed by atoms with van der Waals surface area (Å²) in [7, 11) is 0. The molecule has 188 valence electrons. The van der Waals surface area contributed by atoms with Crippen LogP contribution in [0.5, 0.6) is 0 Å². The van der Waals surface area contributed by atoms with E-state index in [0.29, 0.717) is 23.3 Å². The van der Waals surface area contributed by atoms with Crippen LogP contribution in [0.4, 0.5) is 32.0 Å². The van der Waals surface area contributed by atoms with Gasteiger partial charge in [-0.2, -0.15) is 26.3 Å². The Hall–Kier alpha value is -2.44. The van der Waals surface area contributed by atoms with Gasteiger partial charge in [0, 0.05) is 16.5 Å². The van der Waals surface area contributed by atoms with Crippen LogP contribution in [-0.4, -0.2) is 33.1 Å². The predicted octanol–water partition coefficient (Wildman–Crippen LogP) is 5.55. The number of carbonyl (C=O) groups is 1. The van der Waals surface area contributed by atoms with Crippen molar-refractivity contribution in [2.75, 3.05) is 5.32 Å². The molecule has 1 N–H and O–H groups in total. The summed E-state index contributed by atoms with van der Waals surface area (Å²) in [5.41, 5.74) is -4.65. The van der Waals surface area contributed by atoms with E-state index >= 15 is 0 Å². The summed E-state index contributed by atoms with van der Waals surface area (Å²) in [5.74, 6) is -0.572. The number of halogens is 6. The topological polar surface area (TPSA) is 78.5 Å². The van der Waals surface area contributed by atoms with E-state index in [2.05, 4.69) is 10.1 Å². The van der Waals surface area contributed by atoms with Crippen LogP contribution in [-0.2, 0) is 32.6 Å². The van der Waals surface area contributed by atoms with Crippen LogP contribution in [0.25, 0.3) is 0 Å². The molecule has 0 heterocycles. The molecule has 0 saturated carbocycles. The van der Waals surface area contributed by atoms with Crippen LogP contribution in [0.1, 0.15) is 42.7 Å². The van der Waals surface area contributed by atoms with Crippen LogP contribution in [0.2, 0.25) is 0 Å². The molecule has 12 heteroatoms. The van der Waals surface area contributed by atoms with Gasteiger partial charge >= 0.3 is 12.4 Å². The largest absolute Gasteiger partial charge is 0.772 e. The number of amides is 1. The van der Waals surface area contributed by atoms with Crippen LogP contribution in [0.15, 0.2) is 48.5 Å². The van der Waals surface area contributed by atoms with Crippen LogP contribution in [0, 0.1) is 0 Å². The number of anilines is 1. The molecule has 0 fully saturated rings. The molecule has 2 rings (SSSR count). The normalized spacial score (nSPS) is 14.7. The van der Waals surface area contributed by atoms with Gasteiger partial charge in [-0.15, -0.1) is 0 Å². The Morgan fingerprint density at radius 1 is 0.941 bits per heavy atom. The second-order valence-corrected chi connectivity index (χ2v) is 9.02. The summed E-state index contributed by atoms with van der Waals surface area (Å²) in [5, 5.41) is 1.67. The number of alkyl halides is 6. The third kappa shape index (κ3) is 6.16. The summed E-state index contributed by atoms with van der Waals surface area (Å²) in [6.07, 6.45) is -13.1. The van der Waals surface area contributed by atoms with Gasteiger partial charge in [-0.3, -0.25) is 9.00 Å². The first-order valence-corrected chi connectivity index (χ1v) is 11.1. The molecule has 2 unspecified atom stereocenters. The molecule has 0 spiro atoms. The third-order valence-electron chi connectivity index (χ3n) is 4.89. The monoisotopic (exact) mass is 510 g/mol. The number of rotatable bonds is 8. The fourth-order valence-electron chi connectivity index (χ4n) is 3.24. The molecular formula is C22H22F6NO4S-. The van der Waals surface area contributed by atoms with Gasteiger partial charge in [0.05, 0.1) is 12.5 Å². The number of hydrogen-bond acceptors (Lipinski definition) is 4. The minimum absolute atomic E-state index is 0.0106. The van der Waals surface area contributed by atoms with Crippen molar-refractivity contribution in [2.24, 2.45) is 0 Å². The fourth-order valence-corrected chi connectivity index (χ4v) is 3.62. The SMILES string of the molecule is CC(C)OC(c1ccc(NC(=O)Cc2ccc(C(C)S(=O)[O-])cc2)cc1)(C(F)(F)F)C(F)(F)F. The van der Waals surface area contributed by atoms with Crippen molar-refractivity contribution in [3.63, 3.8) is 0 Å². The lowest BCUT2D eigenvalue weighted by Gasteiger charge is -2.38. The Kier molecular flexibility index (Phi) is 8.54. The Bertz CT molecular complexity index is 990. The minimum Gasteiger partial charge on any atom is -0.772 e. The lowest BCUT2D eigenvalue weighted by atomic mass is 9.91. The van der Waals surface area contributed by atoms with Gasteiger partial charge in [-0.1, -0.05) is 36.4 Å². The van der Waals surface area contributed by atoms with E-state index in [9.17, 15) is 39.9 Å². The maximum atomic E-state index is 13.6. The van der Waals surface area contributed by atoms with Crippen molar-refractivity contribution >= 4 is 22.7 Å². The highest BCUT2D eigenvalue weighted by atomic mass is 32.2. The van der Waals surface area contributed by atoms with E-state index in [1.807, 2.05) is 0 Å². The van der Waals surface area contributed by atoms with Crippen molar-refractivity contribution in [1.82, 2.24) is 0 Å². The number of ether oxygens (including phenoxy) is 1. The van der Waals surface area contributed by atoms with E-state index in [1.165, 1.54) is 6.92 Å². The molecule has 0 aliphatic heterocycles. The van der Waals surface area contributed by atoms with Crippen molar-refractivity contribution < 1.29 is 44.6 Å². The Morgan fingerprint density at radius 3 is 1.85 bits per heavy atom. The molecule has 1 amide bonds. The molecular weight excluding hydrogens is 488 g/mol. The van der Waals surface area contributed by atoms with E-state index in [0.717, 1.165) is 26.0 Å². The summed E-state index contributed by atoms with van der Waals surface area (Å²) < 4.78 is 108. The molecule has 5 nitrogen and oxygen atoms in total. The number of nitrogens with one attached hydrogen (secondary N) is 1. The number of carbonyl (C=O) groups excluding carboxylic acids is 1. The van der Waals surface area contributed by atoms with Gasteiger partial charge in [0.25, 0.3) is 5.60 Å². The second kappa shape index (κ2) is 10.4. The van der Waals surface area contributed by atoms with Gasteiger partial charge in [0.15, 0.2) is 0 Å². The van der Waals surface area contributed by atoms with E-state index in [-0.39, 0.29) is 12.1 Å². The smallest absolute Gasteiger partial charge is 0.430 e. The van der Waals surface area contributed by atoms with Gasteiger partial charge in [0.1, 0.15) is 0 Å². The third-order valence-corrected chi connectivity index (χ3v) is 5.74. The summed E-state index contributed by atoms with van der Waals surface area (Å²) in [6.45, 7) is 3.62. The molecule has 2 atom stereocenters. The molecule has 2 aromatic rings. The lowest BCUT2D eigenvalue weighted by molar-refractivity contribution is -0.396. The quantitative estimate of drug-likeness (QED) is 0.373. The highest BCUT2D eigenvalue weighted by Gasteiger charge is 2.73. The molecule has 0 aliphatic rings. The standard InChI is InChI=1S/C22H23F6NO4S/c1-13(2)33-20(21(23,24)25,22(26,27)28)17-8-10-18(11-9-17)29-19(30)12-15-4-6-16(7-5-15)14(3)34(31)32/h4-11,13-14H,12H2,1-3H3,(H,29,30)(H,31,32)/p-1. The van der Waals surface area contributed by atoms with Crippen molar-refractivity contribution in [1.29, 1.82) is 0 Å². The Morgan fingerprint density at radius 2 is 1.44 bits per heavy atom. The first-order chi connectivity index (χ1) is 15.6. The van der Waals surface area contributed by atoms with Gasteiger partial charge in [0.2, 0.25) is 5.91 Å². The first-order valence-electron chi connectivity index (χ1n) is 9.97. The predicted molar refractivity (Wildman–Crippen MR) is 113 cm³/mol. The Labute approximate surface area is 194 Å². The highest BCUT2D eigenvalue weighted by molar-refractivity contribution is 7.79. The lowest BCUT2D eigenvalue weighted by Crippen LogP contribution is -2.57. The van der Waals surface area contributed by atoms with Crippen LogP contribution >= 0.6 is 0 Å². The zero-order chi connectivity index (χ0) is 25.9. The summed E-state index contributed by atoms with van der Waals surface area (Å²) in [4.78, 5) is 12.3. The first kappa shape index (κ1) is 27.8. The average Bonchev–Trinajstić information content (AvgIpc) is 2.70. The maximum absolute atomic E-state index is 13.6. The molecule has 0 aromatic heterocycles. The molecule has 0 bridgehead atoms. The van der Waals surface area contributed by atoms with Gasteiger partial charge < -0.3 is 14.6 Å². The van der Waals surface area contributed by atoms with Crippen molar-refractivity contribution in [3.05, 3.63) is 65.2 Å². The van der Waals surface area contributed by atoms with Gasteiger partial charge in [-0.05, 0) is 55.1 Å². The number of benzene rings is 2. The zero-order valence-electron chi connectivity index (χ0n) is 18.3. The van der Waals surface area contributed by atoms with Crippen molar-refractivity contribution in [2.45, 2.75) is 56.5 Å². The van der Waals surface area contributed by atoms with E-state index < -0.39 is 51.9 Å². The molecule has 0 saturated heterocycles. The van der Waals surface area contributed by atoms with E-state index in [1.54, 1.807) is 24.3 Å². The average molecular weight is 510 g/mol. The maximum Gasteiger partial charge on any atom is 0.430 e. The highest BCUT2D eigenvalue weighted by Crippen LogP contribution is 2.53. The molecule has 2 aromatic carbocycles. The van der Waals surface area contributed by atoms with E-state index in [4.69, 9.17) is 0 Å².